The van der Waals surface area contributed by atoms with Crippen molar-refractivity contribution >= 4 is 11.6 Å². The SMILES string of the molecule is COc1ccc(N2CCN(CCC(c3ccccc3)c3ccccc3)CC2)cc1C(=O)N(Cc1ccccc1)C1CCCCC1. The van der Waals surface area contributed by atoms with Crippen LogP contribution in [-0.4, -0.2) is 61.6 Å². The molecule has 1 saturated heterocycles. The number of amides is 1. The zero-order chi connectivity index (χ0) is 30.8. The van der Waals surface area contributed by atoms with Crippen molar-refractivity contribution in [3.63, 3.8) is 0 Å². The Bertz CT molecular complexity index is 1440. The fraction of sp³-hybridized carbons (Fsp3) is 0.375. The zero-order valence-corrected chi connectivity index (χ0v) is 26.7. The third-order valence-corrected chi connectivity index (χ3v) is 9.76. The second-order valence-corrected chi connectivity index (χ2v) is 12.6. The molecule has 1 aliphatic carbocycles. The summed E-state index contributed by atoms with van der Waals surface area (Å²) >= 11 is 0. The number of rotatable bonds is 11. The highest BCUT2D eigenvalue weighted by molar-refractivity contribution is 5.98. The van der Waals surface area contributed by atoms with Crippen LogP contribution in [0.3, 0.4) is 0 Å². The number of carbonyl (C=O) groups is 1. The van der Waals surface area contributed by atoms with E-state index in [4.69, 9.17) is 4.74 Å². The summed E-state index contributed by atoms with van der Waals surface area (Å²) in [7, 11) is 1.67. The number of anilines is 1. The molecule has 4 aromatic carbocycles. The van der Waals surface area contributed by atoms with Crippen molar-refractivity contribution in [2.75, 3.05) is 44.7 Å². The molecule has 0 aromatic heterocycles. The highest BCUT2D eigenvalue weighted by Gasteiger charge is 2.29. The molecular formula is C40H47N3O2. The molecule has 2 aliphatic rings. The Morgan fingerprint density at radius 3 is 1.98 bits per heavy atom. The van der Waals surface area contributed by atoms with Crippen molar-refractivity contribution in [2.45, 2.75) is 57.0 Å². The van der Waals surface area contributed by atoms with Crippen LogP contribution in [0.4, 0.5) is 5.69 Å². The van der Waals surface area contributed by atoms with Gasteiger partial charge in [0.2, 0.25) is 0 Å². The lowest BCUT2D eigenvalue weighted by atomic mass is 9.88. The highest BCUT2D eigenvalue weighted by atomic mass is 16.5. The van der Waals surface area contributed by atoms with E-state index >= 15 is 0 Å². The molecule has 234 valence electrons. The Labute approximate surface area is 269 Å². The second-order valence-electron chi connectivity index (χ2n) is 12.6. The molecule has 45 heavy (non-hydrogen) atoms. The standard InChI is InChI=1S/C40H47N3O2/c1-45-39-23-22-36(30-38(39)40(44)43(35-20-12-5-13-21-35)31-32-14-6-2-7-15-32)42-28-26-41(27-29-42)25-24-37(33-16-8-3-9-17-33)34-18-10-4-11-19-34/h2-4,6-11,14-19,22-23,30,35,37H,5,12-13,20-21,24-29,31H2,1H3. The summed E-state index contributed by atoms with van der Waals surface area (Å²) in [6.07, 6.45) is 6.85. The highest BCUT2D eigenvalue weighted by Crippen LogP contribution is 2.32. The first-order chi connectivity index (χ1) is 22.2. The van der Waals surface area contributed by atoms with E-state index in [0.29, 0.717) is 23.8 Å². The van der Waals surface area contributed by atoms with Crippen LogP contribution in [0.1, 0.15) is 71.5 Å². The summed E-state index contributed by atoms with van der Waals surface area (Å²) in [6, 6.07) is 38.7. The molecule has 1 heterocycles. The van der Waals surface area contributed by atoms with Crippen LogP contribution in [0, 0.1) is 0 Å². The molecule has 0 radical (unpaired) electrons. The maximum atomic E-state index is 14.3. The van der Waals surface area contributed by atoms with Gasteiger partial charge in [0.1, 0.15) is 5.75 Å². The first-order valence-electron chi connectivity index (χ1n) is 16.8. The van der Waals surface area contributed by atoms with E-state index in [1.165, 1.54) is 36.0 Å². The van der Waals surface area contributed by atoms with Gasteiger partial charge in [0, 0.05) is 50.4 Å². The average molecular weight is 602 g/mol. The number of piperazine rings is 1. The Morgan fingerprint density at radius 1 is 0.778 bits per heavy atom. The fourth-order valence-corrected chi connectivity index (χ4v) is 7.19. The number of nitrogens with zero attached hydrogens (tertiary/aromatic N) is 3. The monoisotopic (exact) mass is 601 g/mol. The molecule has 1 saturated carbocycles. The number of methoxy groups -OCH3 is 1. The molecule has 5 nitrogen and oxygen atoms in total. The minimum atomic E-state index is 0.0796. The van der Waals surface area contributed by atoms with Gasteiger partial charge in [-0.25, -0.2) is 0 Å². The van der Waals surface area contributed by atoms with Gasteiger partial charge in [-0.1, -0.05) is 110 Å². The van der Waals surface area contributed by atoms with E-state index in [1.54, 1.807) is 7.11 Å². The van der Waals surface area contributed by atoms with Gasteiger partial charge in [-0.05, 0) is 60.7 Å². The van der Waals surface area contributed by atoms with Gasteiger partial charge in [0.25, 0.3) is 5.91 Å². The molecule has 1 aliphatic heterocycles. The van der Waals surface area contributed by atoms with E-state index in [0.717, 1.165) is 57.7 Å². The van der Waals surface area contributed by atoms with Crippen molar-refractivity contribution in [1.82, 2.24) is 9.80 Å². The number of benzene rings is 4. The molecule has 4 aromatic rings. The summed E-state index contributed by atoms with van der Waals surface area (Å²) in [6.45, 7) is 5.59. The van der Waals surface area contributed by atoms with Crippen molar-refractivity contribution in [1.29, 1.82) is 0 Å². The maximum Gasteiger partial charge on any atom is 0.258 e. The second kappa shape index (κ2) is 15.3. The molecule has 0 spiro atoms. The van der Waals surface area contributed by atoms with Crippen molar-refractivity contribution in [2.24, 2.45) is 0 Å². The molecule has 2 fully saturated rings. The van der Waals surface area contributed by atoms with Crippen molar-refractivity contribution < 1.29 is 9.53 Å². The molecule has 1 amide bonds. The van der Waals surface area contributed by atoms with Crippen LogP contribution < -0.4 is 9.64 Å². The third-order valence-electron chi connectivity index (χ3n) is 9.76. The van der Waals surface area contributed by atoms with Gasteiger partial charge in [-0.15, -0.1) is 0 Å². The molecule has 0 atom stereocenters. The van der Waals surface area contributed by atoms with Crippen molar-refractivity contribution in [3.05, 3.63) is 131 Å². The largest absolute Gasteiger partial charge is 0.496 e. The quantitative estimate of drug-likeness (QED) is 0.174. The van der Waals surface area contributed by atoms with Crippen LogP contribution in [0.5, 0.6) is 5.75 Å². The van der Waals surface area contributed by atoms with Gasteiger partial charge in [0.15, 0.2) is 0 Å². The number of hydrogen-bond acceptors (Lipinski definition) is 4. The van der Waals surface area contributed by atoms with Crippen LogP contribution in [-0.2, 0) is 6.54 Å². The molecule has 5 heteroatoms. The Kier molecular flexibility index (Phi) is 10.5. The molecular weight excluding hydrogens is 554 g/mol. The Morgan fingerprint density at radius 2 is 1.38 bits per heavy atom. The number of carbonyl (C=O) groups excluding carboxylic acids is 1. The van der Waals surface area contributed by atoms with Crippen LogP contribution >= 0.6 is 0 Å². The molecule has 0 N–H and O–H groups in total. The first-order valence-corrected chi connectivity index (χ1v) is 16.8. The minimum absolute atomic E-state index is 0.0796. The normalized spacial score (nSPS) is 16.1. The van der Waals surface area contributed by atoms with Gasteiger partial charge in [0.05, 0.1) is 12.7 Å². The number of ether oxygens (including phenoxy) is 1. The van der Waals surface area contributed by atoms with Crippen LogP contribution in [0.15, 0.2) is 109 Å². The predicted molar refractivity (Wildman–Crippen MR) is 184 cm³/mol. The Hall–Kier alpha value is -4.09. The maximum absolute atomic E-state index is 14.3. The molecule has 0 bridgehead atoms. The smallest absolute Gasteiger partial charge is 0.258 e. The lowest BCUT2D eigenvalue weighted by Crippen LogP contribution is -2.47. The lowest BCUT2D eigenvalue weighted by molar-refractivity contribution is 0.0611. The summed E-state index contributed by atoms with van der Waals surface area (Å²) in [4.78, 5) is 21.5. The van der Waals surface area contributed by atoms with E-state index in [2.05, 4.69) is 112 Å². The summed E-state index contributed by atoms with van der Waals surface area (Å²) in [5, 5.41) is 0. The van der Waals surface area contributed by atoms with Crippen LogP contribution in [0.2, 0.25) is 0 Å². The topological polar surface area (TPSA) is 36.0 Å². The first kappa shape index (κ1) is 30.9. The predicted octanol–water partition coefficient (Wildman–Crippen LogP) is 8.01. The zero-order valence-electron chi connectivity index (χ0n) is 26.7. The summed E-state index contributed by atoms with van der Waals surface area (Å²) in [5.41, 5.74) is 5.71. The Balaban J connectivity index is 1.13. The van der Waals surface area contributed by atoms with Gasteiger partial charge < -0.3 is 14.5 Å². The van der Waals surface area contributed by atoms with Crippen LogP contribution in [0.25, 0.3) is 0 Å². The van der Waals surface area contributed by atoms with E-state index in [-0.39, 0.29) is 11.9 Å². The lowest BCUT2D eigenvalue weighted by Gasteiger charge is -2.37. The van der Waals surface area contributed by atoms with E-state index in [9.17, 15) is 4.79 Å². The average Bonchev–Trinajstić information content (AvgIpc) is 3.12. The third kappa shape index (κ3) is 7.77. The molecule has 6 rings (SSSR count). The van der Waals surface area contributed by atoms with Gasteiger partial charge in [-0.3, -0.25) is 9.69 Å². The number of hydrogen-bond donors (Lipinski definition) is 0. The van der Waals surface area contributed by atoms with Crippen molar-refractivity contribution in [3.8, 4) is 5.75 Å². The van der Waals surface area contributed by atoms with E-state index in [1.807, 2.05) is 12.1 Å². The molecule has 0 unspecified atom stereocenters. The van der Waals surface area contributed by atoms with Gasteiger partial charge in [-0.2, -0.15) is 0 Å². The van der Waals surface area contributed by atoms with E-state index < -0.39 is 0 Å². The van der Waals surface area contributed by atoms with Gasteiger partial charge >= 0.3 is 0 Å². The summed E-state index contributed by atoms with van der Waals surface area (Å²) < 4.78 is 5.77. The minimum Gasteiger partial charge on any atom is -0.496 e. The summed E-state index contributed by atoms with van der Waals surface area (Å²) in [5.74, 6) is 1.13. The fourth-order valence-electron chi connectivity index (χ4n) is 7.19.